The number of hydrogen-bond donors (Lipinski definition) is 1. The van der Waals surface area contributed by atoms with Gasteiger partial charge < -0.3 is 4.74 Å². The van der Waals surface area contributed by atoms with Crippen LogP contribution in [0.4, 0.5) is 0 Å². The molecule has 0 saturated carbocycles. The van der Waals surface area contributed by atoms with E-state index < -0.39 is 10.2 Å². The van der Waals surface area contributed by atoms with Crippen LogP contribution in [0.3, 0.4) is 0 Å². The van der Waals surface area contributed by atoms with Gasteiger partial charge >= 0.3 is 0 Å². The van der Waals surface area contributed by atoms with Gasteiger partial charge in [-0.2, -0.15) is 17.8 Å². The zero-order valence-corrected chi connectivity index (χ0v) is 12.7. The Morgan fingerprint density at radius 2 is 2.05 bits per heavy atom. The molecule has 7 nitrogen and oxygen atoms in total. The van der Waals surface area contributed by atoms with Crippen molar-refractivity contribution >= 4 is 10.2 Å². The molecule has 2 atom stereocenters. The van der Waals surface area contributed by atoms with Crippen molar-refractivity contribution in [1.82, 2.24) is 18.8 Å². The fourth-order valence-electron chi connectivity index (χ4n) is 2.29. The molecule has 0 spiro atoms. The molecule has 1 aliphatic heterocycles. The molecule has 1 fully saturated rings. The third-order valence-corrected chi connectivity index (χ3v) is 4.68. The second-order valence-corrected chi connectivity index (χ2v) is 6.85. The lowest BCUT2D eigenvalue weighted by Crippen LogP contribution is -2.52. The van der Waals surface area contributed by atoms with Crippen LogP contribution in [0.1, 0.15) is 20.3 Å². The highest BCUT2D eigenvalue weighted by Crippen LogP contribution is 2.13. The first-order valence-electron chi connectivity index (χ1n) is 6.85. The molecule has 1 aliphatic rings. The van der Waals surface area contributed by atoms with E-state index in [2.05, 4.69) is 9.82 Å². The van der Waals surface area contributed by atoms with Gasteiger partial charge in [-0.1, -0.05) is 0 Å². The van der Waals surface area contributed by atoms with E-state index in [9.17, 15) is 8.42 Å². The van der Waals surface area contributed by atoms with Crippen LogP contribution in [0, 0.1) is 0 Å². The number of aromatic nitrogens is 2. The summed E-state index contributed by atoms with van der Waals surface area (Å²) in [6.45, 7) is 5.68. The maximum absolute atomic E-state index is 12.2. The van der Waals surface area contributed by atoms with Crippen LogP contribution in [0.5, 0.6) is 0 Å². The molecular formula is C12H22N4O3S. The summed E-state index contributed by atoms with van der Waals surface area (Å²) in [4.78, 5) is 0. The number of nitrogens with zero attached hydrogens (tertiary/aromatic N) is 3. The highest BCUT2D eigenvalue weighted by Gasteiger charge is 2.30. The quantitative estimate of drug-likeness (QED) is 0.763. The van der Waals surface area contributed by atoms with E-state index >= 15 is 0 Å². The van der Waals surface area contributed by atoms with Crippen LogP contribution >= 0.6 is 0 Å². The van der Waals surface area contributed by atoms with Gasteiger partial charge in [-0.05, 0) is 26.3 Å². The topological polar surface area (TPSA) is 76.5 Å². The predicted molar refractivity (Wildman–Crippen MR) is 75.3 cm³/mol. The fourth-order valence-corrected chi connectivity index (χ4v) is 3.69. The monoisotopic (exact) mass is 302 g/mol. The first kappa shape index (κ1) is 15.4. The minimum atomic E-state index is -3.42. The van der Waals surface area contributed by atoms with E-state index in [4.69, 9.17) is 4.74 Å². The van der Waals surface area contributed by atoms with Crippen LogP contribution in [0.15, 0.2) is 18.5 Å². The SMILES string of the molecule is C[C@@H]1CN(S(=O)(=O)NCCCn2cccn2)C[C@H](C)O1. The van der Waals surface area contributed by atoms with Gasteiger partial charge in [0.1, 0.15) is 0 Å². The molecule has 0 amide bonds. The number of morpholine rings is 1. The Balaban J connectivity index is 1.78. The first-order chi connectivity index (χ1) is 9.47. The summed E-state index contributed by atoms with van der Waals surface area (Å²) in [5.41, 5.74) is 0. The van der Waals surface area contributed by atoms with Gasteiger partial charge in [-0.15, -0.1) is 0 Å². The number of hydrogen-bond acceptors (Lipinski definition) is 4. The number of nitrogens with one attached hydrogen (secondary N) is 1. The van der Waals surface area contributed by atoms with Crippen molar-refractivity contribution < 1.29 is 13.2 Å². The molecule has 0 unspecified atom stereocenters. The molecule has 0 aliphatic carbocycles. The van der Waals surface area contributed by atoms with E-state index in [0.29, 0.717) is 32.6 Å². The summed E-state index contributed by atoms with van der Waals surface area (Å²) in [5, 5.41) is 4.07. The van der Waals surface area contributed by atoms with Crippen molar-refractivity contribution in [2.45, 2.75) is 39.0 Å². The normalized spacial score (nSPS) is 24.9. The van der Waals surface area contributed by atoms with Crippen molar-refractivity contribution in [3.8, 4) is 0 Å². The van der Waals surface area contributed by atoms with Crippen molar-refractivity contribution in [2.75, 3.05) is 19.6 Å². The summed E-state index contributed by atoms with van der Waals surface area (Å²) >= 11 is 0. The first-order valence-corrected chi connectivity index (χ1v) is 8.29. The summed E-state index contributed by atoms with van der Waals surface area (Å²) in [5.74, 6) is 0. The highest BCUT2D eigenvalue weighted by atomic mass is 32.2. The average molecular weight is 302 g/mol. The second kappa shape index (κ2) is 6.66. The van der Waals surface area contributed by atoms with Gasteiger partial charge in [0.15, 0.2) is 0 Å². The Hall–Kier alpha value is -0.960. The number of rotatable bonds is 6. The van der Waals surface area contributed by atoms with Crippen LogP contribution in [-0.2, 0) is 21.5 Å². The van der Waals surface area contributed by atoms with Crippen LogP contribution in [0.25, 0.3) is 0 Å². The van der Waals surface area contributed by atoms with Gasteiger partial charge in [0.05, 0.1) is 12.2 Å². The van der Waals surface area contributed by atoms with Crippen LogP contribution in [-0.4, -0.2) is 54.3 Å². The molecule has 1 aromatic heterocycles. The molecule has 1 aromatic rings. The zero-order valence-electron chi connectivity index (χ0n) is 11.9. The van der Waals surface area contributed by atoms with Crippen LogP contribution < -0.4 is 4.72 Å². The molecule has 2 heterocycles. The van der Waals surface area contributed by atoms with Gasteiger partial charge in [0.25, 0.3) is 10.2 Å². The zero-order chi connectivity index (χ0) is 14.6. The fraction of sp³-hybridized carbons (Fsp3) is 0.750. The summed E-state index contributed by atoms with van der Waals surface area (Å²) in [7, 11) is -3.42. The standard InChI is InChI=1S/C12H22N4O3S/c1-11-9-16(10-12(2)19-11)20(17,18)14-6-4-8-15-7-3-5-13-15/h3,5,7,11-12,14H,4,6,8-10H2,1-2H3/t11-,12+. The van der Waals surface area contributed by atoms with Crippen molar-refractivity contribution in [2.24, 2.45) is 0 Å². The van der Waals surface area contributed by atoms with Gasteiger partial charge in [-0.3, -0.25) is 4.68 Å². The Morgan fingerprint density at radius 1 is 1.35 bits per heavy atom. The third-order valence-electron chi connectivity index (χ3n) is 3.13. The molecule has 114 valence electrons. The maximum Gasteiger partial charge on any atom is 0.279 e. The minimum absolute atomic E-state index is 0.0700. The van der Waals surface area contributed by atoms with E-state index in [1.165, 1.54) is 4.31 Å². The van der Waals surface area contributed by atoms with Gasteiger partial charge in [0.2, 0.25) is 0 Å². The van der Waals surface area contributed by atoms with E-state index in [-0.39, 0.29) is 12.2 Å². The lowest BCUT2D eigenvalue weighted by atomic mass is 10.3. The Kier molecular flexibility index (Phi) is 5.14. The maximum atomic E-state index is 12.2. The number of aryl methyl sites for hydroxylation is 1. The van der Waals surface area contributed by atoms with E-state index in [0.717, 1.165) is 0 Å². The summed E-state index contributed by atoms with van der Waals surface area (Å²) in [6, 6.07) is 1.85. The Morgan fingerprint density at radius 3 is 2.65 bits per heavy atom. The molecule has 20 heavy (non-hydrogen) atoms. The summed E-state index contributed by atoms with van der Waals surface area (Å²) in [6.07, 6.45) is 4.13. The molecule has 0 aromatic carbocycles. The third kappa shape index (κ3) is 4.27. The molecule has 0 radical (unpaired) electrons. The van der Waals surface area contributed by atoms with Gasteiger partial charge in [0, 0.05) is 38.6 Å². The lowest BCUT2D eigenvalue weighted by molar-refractivity contribution is -0.0443. The predicted octanol–water partition coefficient (Wildman–Crippen LogP) is 0.217. The highest BCUT2D eigenvalue weighted by molar-refractivity contribution is 7.87. The Bertz CT molecular complexity index is 493. The molecule has 1 saturated heterocycles. The van der Waals surface area contributed by atoms with E-state index in [1.54, 1.807) is 10.9 Å². The average Bonchev–Trinajstić information content (AvgIpc) is 2.86. The van der Waals surface area contributed by atoms with Gasteiger partial charge in [-0.25, -0.2) is 4.72 Å². The molecule has 8 heteroatoms. The summed E-state index contributed by atoms with van der Waals surface area (Å²) < 4.78 is 35.8. The smallest absolute Gasteiger partial charge is 0.279 e. The molecular weight excluding hydrogens is 280 g/mol. The minimum Gasteiger partial charge on any atom is -0.373 e. The largest absolute Gasteiger partial charge is 0.373 e. The van der Waals surface area contributed by atoms with Crippen LogP contribution in [0.2, 0.25) is 0 Å². The number of ether oxygens (including phenoxy) is 1. The second-order valence-electron chi connectivity index (χ2n) is 5.10. The lowest BCUT2D eigenvalue weighted by Gasteiger charge is -2.34. The Labute approximate surface area is 120 Å². The molecule has 0 bridgehead atoms. The van der Waals surface area contributed by atoms with Crippen molar-refractivity contribution in [1.29, 1.82) is 0 Å². The van der Waals surface area contributed by atoms with Crippen molar-refractivity contribution in [3.05, 3.63) is 18.5 Å². The molecule has 2 rings (SSSR count). The molecule has 1 N–H and O–H groups in total. The van der Waals surface area contributed by atoms with E-state index in [1.807, 2.05) is 26.1 Å². The van der Waals surface area contributed by atoms with Crippen molar-refractivity contribution in [3.63, 3.8) is 0 Å².